The van der Waals surface area contributed by atoms with E-state index >= 15 is 0 Å². The van der Waals surface area contributed by atoms with Gasteiger partial charge in [-0.15, -0.1) is 0 Å². The van der Waals surface area contributed by atoms with Gasteiger partial charge in [0.05, 0.1) is 17.9 Å². The lowest BCUT2D eigenvalue weighted by atomic mass is 10.1. The molecular weight excluding hydrogens is 270 g/mol. The highest BCUT2D eigenvalue weighted by Crippen LogP contribution is 2.27. The number of nitrogens with two attached hydrogens (primary N) is 1. The van der Waals surface area contributed by atoms with Gasteiger partial charge in [-0.3, -0.25) is 9.59 Å². The van der Waals surface area contributed by atoms with Crippen LogP contribution in [0, 0.1) is 0 Å². The van der Waals surface area contributed by atoms with Crippen LogP contribution >= 0.6 is 0 Å². The highest BCUT2D eigenvalue weighted by molar-refractivity contribution is 6.00. The topological polar surface area (TPSA) is 75.9 Å². The van der Waals surface area contributed by atoms with Crippen LogP contribution in [-0.4, -0.2) is 54.9 Å². The lowest BCUT2D eigenvalue weighted by Crippen LogP contribution is -2.38. The lowest BCUT2D eigenvalue weighted by Gasteiger charge is -2.21. The van der Waals surface area contributed by atoms with Crippen molar-refractivity contribution in [3.8, 4) is 5.75 Å². The Balaban J connectivity index is 2.27. The van der Waals surface area contributed by atoms with Crippen molar-refractivity contribution in [1.82, 2.24) is 9.80 Å². The maximum absolute atomic E-state index is 12.7. The third kappa shape index (κ3) is 3.26. The molecule has 0 spiro atoms. The summed E-state index contributed by atoms with van der Waals surface area (Å²) in [6.07, 6.45) is 0.764. The Bertz CT molecular complexity index is 545. The average molecular weight is 291 g/mol. The maximum Gasteiger partial charge on any atom is 0.258 e. The predicted molar refractivity (Wildman–Crippen MR) is 80.2 cm³/mol. The van der Waals surface area contributed by atoms with Crippen LogP contribution in [0.15, 0.2) is 18.2 Å². The molecular formula is C15H21N3O3. The van der Waals surface area contributed by atoms with Gasteiger partial charge in [-0.05, 0) is 25.5 Å². The van der Waals surface area contributed by atoms with E-state index in [2.05, 4.69) is 0 Å². The molecule has 1 aliphatic heterocycles. The molecule has 1 fully saturated rings. The van der Waals surface area contributed by atoms with Gasteiger partial charge in [0, 0.05) is 20.1 Å². The van der Waals surface area contributed by atoms with Crippen LogP contribution in [-0.2, 0) is 4.79 Å². The number of nitrogen functional groups attached to an aromatic ring is 1. The summed E-state index contributed by atoms with van der Waals surface area (Å²) >= 11 is 0. The first-order valence-electron chi connectivity index (χ1n) is 7.09. The standard InChI is InChI=1S/C15H21N3O3/c1-3-21-14-11(6-4-7-12(14)16)15(20)18-9-5-8-17(2)13(19)10-18/h4,6-7H,3,5,8-10,16H2,1-2H3. The highest BCUT2D eigenvalue weighted by atomic mass is 16.5. The van der Waals surface area contributed by atoms with Crippen LogP contribution in [0.4, 0.5) is 5.69 Å². The van der Waals surface area contributed by atoms with E-state index in [0.29, 0.717) is 36.7 Å². The summed E-state index contributed by atoms with van der Waals surface area (Å²) in [6.45, 7) is 3.57. The molecule has 2 rings (SSSR count). The molecule has 1 saturated heterocycles. The van der Waals surface area contributed by atoms with Crippen LogP contribution in [0.2, 0.25) is 0 Å². The second kappa shape index (κ2) is 6.47. The number of nitrogens with zero attached hydrogens (tertiary/aromatic N) is 2. The third-order valence-electron chi connectivity index (χ3n) is 3.53. The van der Waals surface area contributed by atoms with Crippen molar-refractivity contribution < 1.29 is 14.3 Å². The molecule has 1 aromatic carbocycles. The van der Waals surface area contributed by atoms with Crippen LogP contribution in [0.3, 0.4) is 0 Å². The monoisotopic (exact) mass is 291 g/mol. The molecule has 1 aliphatic rings. The summed E-state index contributed by atoms with van der Waals surface area (Å²) in [5.74, 6) is 0.132. The SMILES string of the molecule is CCOc1c(N)cccc1C(=O)N1CCCN(C)C(=O)C1. The normalized spacial score (nSPS) is 15.8. The molecule has 114 valence electrons. The zero-order valence-corrected chi connectivity index (χ0v) is 12.5. The van der Waals surface area contributed by atoms with Gasteiger partial charge in [0.2, 0.25) is 5.91 Å². The molecule has 6 nitrogen and oxygen atoms in total. The van der Waals surface area contributed by atoms with E-state index in [4.69, 9.17) is 10.5 Å². The number of para-hydroxylation sites is 1. The fourth-order valence-corrected chi connectivity index (χ4v) is 2.36. The first kappa shape index (κ1) is 15.2. The Morgan fingerprint density at radius 3 is 2.86 bits per heavy atom. The van der Waals surface area contributed by atoms with Gasteiger partial charge in [0.1, 0.15) is 6.54 Å². The summed E-state index contributed by atoms with van der Waals surface area (Å²) in [6, 6.07) is 5.10. The van der Waals surface area contributed by atoms with Gasteiger partial charge in [0.25, 0.3) is 5.91 Å². The van der Waals surface area contributed by atoms with Crippen LogP contribution in [0.5, 0.6) is 5.75 Å². The minimum atomic E-state index is -0.214. The number of amides is 2. The molecule has 0 unspecified atom stereocenters. The van der Waals surface area contributed by atoms with Crippen molar-refractivity contribution in [2.45, 2.75) is 13.3 Å². The Hall–Kier alpha value is -2.24. The number of benzene rings is 1. The van der Waals surface area contributed by atoms with Gasteiger partial charge < -0.3 is 20.3 Å². The average Bonchev–Trinajstić information content (AvgIpc) is 2.63. The molecule has 0 aliphatic carbocycles. The van der Waals surface area contributed by atoms with E-state index in [1.807, 2.05) is 6.92 Å². The minimum Gasteiger partial charge on any atom is -0.491 e. The van der Waals surface area contributed by atoms with Gasteiger partial charge >= 0.3 is 0 Å². The molecule has 0 radical (unpaired) electrons. The molecule has 0 atom stereocenters. The number of likely N-dealkylation sites (N-methyl/N-ethyl adjacent to an activating group) is 1. The summed E-state index contributed by atoms with van der Waals surface area (Å²) in [5, 5.41) is 0. The number of ether oxygens (including phenoxy) is 1. The second-order valence-electron chi connectivity index (χ2n) is 5.05. The number of carbonyl (C=O) groups is 2. The van der Waals surface area contributed by atoms with Gasteiger partial charge in [-0.2, -0.15) is 0 Å². The first-order chi connectivity index (χ1) is 10.0. The zero-order valence-electron chi connectivity index (χ0n) is 12.5. The summed E-state index contributed by atoms with van der Waals surface area (Å²) < 4.78 is 5.49. The molecule has 2 N–H and O–H groups in total. The summed E-state index contributed by atoms with van der Waals surface area (Å²) in [4.78, 5) is 27.8. The number of rotatable bonds is 3. The quantitative estimate of drug-likeness (QED) is 0.842. The first-order valence-corrected chi connectivity index (χ1v) is 7.09. The van der Waals surface area contributed by atoms with Crippen molar-refractivity contribution in [1.29, 1.82) is 0 Å². The largest absolute Gasteiger partial charge is 0.491 e. The van der Waals surface area contributed by atoms with E-state index in [0.717, 1.165) is 6.42 Å². The van der Waals surface area contributed by atoms with E-state index in [9.17, 15) is 9.59 Å². The van der Waals surface area contributed by atoms with Crippen molar-refractivity contribution >= 4 is 17.5 Å². The fraction of sp³-hybridized carbons (Fsp3) is 0.467. The smallest absolute Gasteiger partial charge is 0.258 e. The molecule has 0 saturated carbocycles. The Labute approximate surface area is 124 Å². The summed E-state index contributed by atoms with van der Waals surface area (Å²) in [7, 11) is 1.75. The van der Waals surface area contributed by atoms with E-state index in [1.165, 1.54) is 0 Å². The Morgan fingerprint density at radius 1 is 1.38 bits per heavy atom. The molecule has 21 heavy (non-hydrogen) atoms. The third-order valence-corrected chi connectivity index (χ3v) is 3.53. The van der Waals surface area contributed by atoms with Gasteiger partial charge in [-0.1, -0.05) is 6.07 Å². The fourth-order valence-electron chi connectivity index (χ4n) is 2.36. The molecule has 6 heteroatoms. The van der Waals surface area contributed by atoms with Gasteiger partial charge in [0.15, 0.2) is 5.75 Å². The maximum atomic E-state index is 12.7. The van der Waals surface area contributed by atoms with Crippen LogP contribution in [0.1, 0.15) is 23.7 Å². The van der Waals surface area contributed by atoms with E-state index in [1.54, 1.807) is 35.0 Å². The molecule has 0 aromatic heterocycles. The summed E-state index contributed by atoms with van der Waals surface area (Å²) in [5.41, 5.74) is 6.73. The Kier molecular flexibility index (Phi) is 4.67. The number of hydrogen-bond acceptors (Lipinski definition) is 4. The van der Waals surface area contributed by atoms with Crippen molar-refractivity contribution in [3.05, 3.63) is 23.8 Å². The molecule has 2 amide bonds. The molecule has 1 heterocycles. The molecule has 1 aromatic rings. The van der Waals surface area contributed by atoms with E-state index < -0.39 is 0 Å². The Morgan fingerprint density at radius 2 is 2.14 bits per heavy atom. The minimum absolute atomic E-state index is 0.0530. The van der Waals surface area contributed by atoms with Crippen LogP contribution in [0.25, 0.3) is 0 Å². The molecule has 0 bridgehead atoms. The number of carbonyl (C=O) groups excluding carboxylic acids is 2. The highest BCUT2D eigenvalue weighted by Gasteiger charge is 2.26. The van der Waals surface area contributed by atoms with Crippen molar-refractivity contribution in [2.75, 3.05) is 39.0 Å². The zero-order chi connectivity index (χ0) is 15.4. The lowest BCUT2D eigenvalue weighted by molar-refractivity contribution is -0.129. The number of anilines is 1. The van der Waals surface area contributed by atoms with Gasteiger partial charge in [-0.25, -0.2) is 0 Å². The van der Waals surface area contributed by atoms with Crippen LogP contribution < -0.4 is 10.5 Å². The van der Waals surface area contributed by atoms with Crippen molar-refractivity contribution in [3.63, 3.8) is 0 Å². The predicted octanol–water partition coefficient (Wildman–Crippen LogP) is 0.972. The number of hydrogen-bond donors (Lipinski definition) is 1. The van der Waals surface area contributed by atoms with E-state index in [-0.39, 0.29) is 18.4 Å². The van der Waals surface area contributed by atoms with Crippen molar-refractivity contribution in [2.24, 2.45) is 0 Å². The second-order valence-corrected chi connectivity index (χ2v) is 5.05.